The largest absolute Gasteiger partial charge is 0.424 e. The zero-order valence-corrected chi connectivity index (χ0v) is 19.2. The molecule has 33 heavy (non-hydrogen) atoms. The molecule has 1 aromatic carbocycles. The van der Waals surface area contributed by atoms with Gasteiger partial charge in [-0.2, -0.15) is 0 Å². The molecular weight excluding hydrogens is 418 g/mol. The number of likely N-dealkylation sites (tertiary alicyclic amines) is 2. The fourth-order valence-corrected chi connectivity index (χ4v) is 4.58. The van der Waals surface area contributed by atoms with Crippen molar-refractivity contribution in [3.63, 3.8) is 0 Å². The molecule has 4 rings (SSSR count). The maximum Gasteiger partial charge on any atom is 0.311 e. The molecule has 2 aromatic rings. The topological polar surface area (TPSA) is 122 Å². The summed E-state index contributed by atoms with van der Waals surface area (Å²) in [6.45, 7) is 4.48. The number of aromatic nitrogens is 1. The SMILES string of the molecule is CN1CCC(N2CCC(CC(=O)Oc3ccccc3/N=N/c3ccc(N)nc3N)CC2)CC1. The number of nitrogen functional groups attached to an aromatic ring is 2. The van der Waals surface area contributed by atoms with Crippen molar-refractivity contribution >= 4 is 29.0 Å². The van der Waals surface area contributed by atoms with Crippen LogP contribution in [-0.4, -0.2) is 60.0 Å². The molecule has 0 saturated carbocycles. The molecule has 2 aliphatic heterocycles. The molecule has 0 unspecified atom stereocenters. The Morgan fingerprint density at radius 1 is 1.00 bits per heavy atom. The number of nitrogens with zero attached hydrogens (tertiary/aromatic N) is 5. The molecule has 2 saturated heterocycles. The Kier molecular flexibility index (Phi) is 7.51. The van der Waals surface area contributed by atoms with Gasteiger partial charge in [-0.1, -0.05) is 12.1 Å². The van der Waals surface area contributed by atoms with Crippen molar-refractivity contribution in [2.45, 2.75) is 38.1 Å². The third kappa shape index (κ3) is 6.27. The number of hydrogen-bond donors (Lipinski definition) is 2. The smallest absolute Gasteiger partial charge is 0.311 e. The predicted molar refractivity (Wildman–Crippen MR) is 129 cm³/mol. The second-order valence-corrected chi connectivity index (χ2v) is 9.00. The summed E-state index contributed by atoms with van der Waals surface area (Å²) in [6, 6.07) is 11.0. The highest BCUT2D eigenvalue weighted by Gasteiger charge is 2.28. The highest BCUT2D eigenvalue weighted by Crippen LogP contribution is 2.32. The third-order valence-corrected chi connectivity index (χ3v) is 6.59. The maximum absolute atomic E-state index is 12.7. The van der Waals surface area contributed by atoms with E-state index < -0.39 is 0 Å². The number of esters is 1. The number of pyridine rings is 1. The number of azo groups is 1. The van der Waals surface area contributed by atoms with Crippen LogP contribution < -0.4 is 16.2 Å². The van der Waals surface area contributed by atoms with Crippen molar-refractivity contribution in [1.82, 2.24) is 14.8 Å². The first-order chi connectivity index (χ1) is 16.0. The van der Waals surface area contributed by atoms with E-state index in [-0.39, 0.29) is 11.8 Å². The summed E-state index contributed by atoms with van der Waals surface area (Å²) in [7, 11) is 2.19. The quantitative estimate of drug-likeness (QED) is 0.389. The van der Waals surface area contributed by atoms with Gasteiger partial charge in [0.15, 0.2) is 11.6 Å². The summed E-state index contributed by atoms with van der Waals surface area (Å²) in [5.74, 6) is 1.02. The van der Waals surface area contributed by atoms with Crippen LogP contribution in [-0.2, 0) is 4.79 Å². The molecular formula is C24H33N7O2. The summed E-state index contributed by atoms with van der Waals surface area (Å²) in [5, 5.41) is 8.35. The van der Waals surface area contributed by atoms with Crippen molar-refractivity contribution in [3.05, 3.63) is 36.4 Å². The van der Waals surface area contributed by atoms with E-state index in [0.29, 0.717) is 41.3 Å². The van der Waals surface area contributed by atoms with Crippen LogP contribution >= 0.6 is 0 Å². The van der Waals surface area contributed by atoms with Crippen LogP contribution in [0.25, 0.3) is 0 Å². The molecule has 9 nitrogen and oxygen atoms in total. The Morgan fingerprint density at radius 2 is 1.70 bits per heavy atom. The zero-order valence-electron chi connectivity index (χ0n) is 19.2. The van der Waals surface area contributed by atoms with Gasteiger partial charge in [-0.25, -0.2) is 4.98 Å². The van der Waals surface area contributed by atoms with Gasteiger partial charge in [-0.3, -0.25) is 4.79 Å². The summed E-state index contributed by atoms with van der Waals surface area (Å²) >= 11 is 0. The number of ether oxygens (including phenoxy) is 1. The number of rotatable bonds is 6. The maximum atomic E-state index is 12.7. The highest BCUT2D eigenvalue weighted by molar-refractivity contribution is 5.74. The number of nitrogens with two attached hydrogens (primary N) is 2. The van der Waals surface area contributed by atoms with Crippen molar-refractivity contribution in [2.75, 3.05) is 44.7 Å². The zero-order chi connectivity index (χ0) is 23.2. The first-order valence-corrected chi connectivity index (χ1v) is 11.6. The third-order valence-electron chi connectivity index (χ3n) is 6.59. The number of hydrogen-bond acceptors (Lipinski definition) is 9. The number of anilines is 2. The molecule has 0 atom stereocenters. The van der Waals surface area contributed by atoms with Crippen LogP contribution in [0.4, 0.5) is 23.0 Å². The second-order valence-electron chi connectivity index (χ2n) is 9.00. The molecule has 0 bridgehead atoms. The van der Waals surface area contributed by atoms with E-state index in [9.17, 15) is 4.79 Å². The molecule has 1 aromatic heterocycles. The monoisotopic (exact) mass is 451 g/mol. The van der Waals surface area contributed by atoms with Gasteiger partial charge in [0.25, 0.3) is 0 Å². The normalized spacial score (nSPS) is 19.2. The first-order valence-electron chi connectivity index (χ1n) is 11.6. The lowest BCUT2D eigenvalue weighted by Crippen LogP contribution is -2.47. The number of benzene rings is 1. The number of carbonyl (C=O) groups is 1. The van der Waals surface area contributed by atoms with Crippen molar-refractivity contribution in [1.29, 1.82) is 0 Å². The fourth-order valence-electron chi connectivity index (χ4n) is 4.58. The van der Waals surface area contributed by atoms with E-state index in [1.807, 2.05) is 6.07 Å². The molecule has 3 heterocycles. The second kappa shape index (κ2) is 10.7. The van der Waals surface area contributed by atoms with Gasteiger partial charge in [0.2, 0.25) is 0 Å². The van der Waals surface area contributed by atoms with Crippen molar-refractivity contribution in [3.8, 4) is 5.75 Å². The number of para-hydroxylation sites is 1. The average Bonchev–Trinajstić information content (AvgIpc) is 2.80. The Morgan fingerprint density at radius 3 is 2.42 bits per heavy atom. The van der Waals surface area contributed by atoms with Gasteiger partial charge in [0.05, 0.1) is 0 Å². The van der Waals surface area contributed by atoms with Crippen LogP contribution in [0, 0.1) is 5.92 Å². The Hall–Kier alpha value is -3.04. The van der Waals surface area contributed by atoms with Gasteiger partial charge < -0.3 is 26.0 Å². The van der Waals surface area contributed by atoms with E-state index in [1.54, 1.807) is 30.3 Å². The molecule has 2 aliphatic rings. The Labute approximate surface area is 194 Å². The van der Waals surface area contributed by atoms with Gasteiger partial charge in [0, 0.05) is 12.5 Å². The fraction of sp³-hybridized carbons (Fsp3) is 0.500. The van der Waals surface area contributed by atoms with Gasteiger partial charge in [-0.15, -0.1) is 10.2 Å². The molecule has 0 aliphatic carbocycles. The van der Waals surface area contributed by atoms with Crippen LogP contribution in [0.5, 0.6) is 5.75 Å². The standard InChI is InChI=1S/C24H33N7O2/c1-30-12-10-18(11-13-30)31-14-8-17(9-15-31)16-23(32)33-21-5-3-2-4-19(21)28-29-20-6-7-22(25)27-24(20)26/h2-7,17-18H,8-16H2,1H3,(H4,25,26,27)/b29-28+. The summed E-state index contributed by atoms with van der Waals surface area (Å²) in [6.07, 6.45) is 4.97. The lowest BCUT2D eigenvalue weighted by molar-refractivity contribution is -0.135. The van der Waals surface area contributed by atoms with E-state index in [4.69, 9.17) is 16.2 Å². The average molecular weight is 452 g/mol. The summed E-state index contributed by atoms with van der Waals surface area (Å²) in [4.78, 5) is 21.6. The Balaban J connectivity index is 1.30. The van der Waals surface area contributed by atoms with Gasteiger partial charge in [0.1, 0.15) is 17.2 Å². The molecule has 0 radical (unpaired) electrons. The van der Waals surface area contributed by atoms with Crippen LogP contribution in [0.15, 0.2) is 46.6 Å². The van der Waals surface area contributed by atoms with E-state index in [2.05, 4.69) is 32.1 Å². The van der Waals surface area contributed by atoms with E-state index in [1.165, 1.54) is 25.9 Å². The Bertz CT molecular complexity index is 981. The number of carbonyl (C=O) groups excluding carboxylic acids is 1. The number of piperidine rings is 2. The van der Waals surface area contributed by atoms with Gasteiger partial charge in [-0.05, 0) is 89.1 Å². The lowest BCUT2D eigenvalue weighted by Gasteiger charge is -2.41. The van der Waals surface area contributed by atoms with Crippen LogP contribution in [0.3, 0.4) is 0 Å². The predicted octanol–water partition coefficient (Wildman–Crippen LogP) is 3.76. The molecule has 0 spiro atoms. The first kappa shape index (κ1) is 23.1. The minimum Gasteiger partial charge on any atom is -0.424 e. The lowest BCUT2D eigenvalue weighted by atomic mass is 9.91. The van der Waals surface area contributed by atoms with Crippen LogP contribution in [0.1, 0.15) is 32.1 Å². The minimum atomic E-state index is -0.232. The van der Waals surface area contributed by atoms with E-state index >= 15 is 0 Å². The van der Waals surface area contributed by atoms with Crippen LogP contribution in [0.2, 0.25) is 0 Å². The summed E-state index contributed by atoms with van der Waals surface area (Å²) in [5.41, 5.74) is 12.3. The molecule has 176 valence electrons. The highest BCUT2D eigenvalue weighted by atomic mass is 16.5. The molecule has 0 amide bonds. The van der Waals surface area contributed by atoms with Crippen molar-refractivity contribution in [2.24, 2.45) is 16.1 Å². The van der Waals surface area contributed by atoms with Gasteiger partial charge >= 0.3 is 5.97 Å². The molecule has 2 fully saturated rings. The van der Waals surface area contributed by atoms with E-state index in [0.717, 1.165) is 25.9 Å². The summed E-state index contributed by atoms with van der Waals surface area (Å²) < 4.78 is 5.66. The molecule has 4 N–H and O–H groups in total. The minimum absolute atomic E-state index is 0.194. The molecule has 9 heteroatoms. The van der Waals surface area contributed by atoms with Crippen molar-refractivity contribution < 1.29 is 9.53 Å².